The third-order valence-corrected chi connectivity index (χ3v) is 4.87. The van der Waals surface area contributed by atoms with Crippen molar-refractivity contribution < 1.29 is 0 Å². The molecule has 4 heterocycles. The zero-order chi connectivity index (χ0) is 14.4. The smallest absolute Gasteiger partial charge is 0.234 e. The van der Waals surface area contributed by atoms with Crippen LogP contribution in [0.4, 0.5) is 0 Å². The van der Waals surface area contributed by atoms with E-state index < -0.39 is 0 Å². The Bertz CT molecular complexity index is 648. The summed E-state index contributed by atoms with van der Waals surface area (Å²) in [6.45, 7) is 8.63. The minimum Gasteiger partial charge on any atom is -0.312 e. The summed E-state index contributed by atoms with van der Waals surface area (Å²) in [5, 5.41) is 3.66. The summed E-state index contributed by atoms with van der Waals surface area (Å²) in [6, 6.07) is 2.80. The number of aryl methyl sites for hydroxylation is 2. The Morgan fingerprint density at radius 3 is 3.05 bits per heavy atom. The van der Waals surface area contributed by atoms with Crippen LogP contribution in [0.3, 0.4) is 0 Å². The highest BCUT2D eigenvalue weighted by Crippen LogP contribution is 2.26. The fraction of sp³-hybridized carbons (Fsp3) is 0.625. The van der Waals surface area contributed by atoms with Gasteiger partial charge in [-0.3, -0.25) is 9.30 Å². The van der Waals surface area contributed by atoms with Crippen LogP contribution >= 0.6 is 0 Å². The Kier molecular flexibility index (Phi) is 3.19. The summed E-state index contributed by atoms with van der Waals surface area (Å²) >= 11 is 0. The standard InChI is InChI=1S/C16H23N5/c1-11-6-12(2)21-9-14(19-16(21)18-11)8-20-7-13-4-3-5-17-15(13)10-20/h6,9,13,15,17H,3-5,7-8,10H2,1-2H3/t13-,15+/m0/s1. The molecule has 2 saturated heterocycles. The van der Waals surface area contributed by atoms with Crippen LogP contribution in [0, 0.1) is 19.8 Å². The molecule has 2 fully saturated rings. The van der Waals surface area contributed by atoms with Gasteiger partial charge in [0.15, 0.2) is 0 Å². The maximum atomic E-state index is 4.71. The van der Waals surface area contributed by atoms with Crippen LogP contribution in [0.5, 0.6) is 0 Å². The average molecular weight is 285 g/mol. The molecule has 2 aliphatic rings. The number of rotatable bonds is 2. The van der Waals surface area contributed by atoms with Crippen molar-refractivity contribution >= 4 is 5.78 Å². The third kappa shape index (κ3) is 2.45. The van der Waals surface area contributed by atoms with Gasteiger partial charge < -0.3 is 5.32 Å². The van der Waals surface area contributed by atoms with Crippen LogP contribution < -0.4 is 5.32 Å². The lowest BCUT2D eigenvalue weighted by atomic mass is 9.94. The van der Waals surface area contributed by atoms with E-state index in [-0.39, 0.29) is 0 Å². The molecule has 0 saturated carbocycles. The van der Waals surface area contributed by atoms with Crippen molar-refractivity contribution in [2.24, 2.45) is 5.92 Å². The second kappa shape index (κ2) is 5.07. The molecule has 21 heavy (non-hydrogen) atoms. The Balaban J connectivity index is 1.53. The normalized spacial score (nSPS) is 26.4. The number of hydrogen-bond donors (Lipinski definition) is 1. The topological polar surface area (TPSA) is 45.5 Å². The van der Waals surface area contributed by atoms with E-state index in [0.29, 0.717) is 6.04 Å². The fourth-order valence-electron chi connectivity index (χ4n) is 3.89. The van der Waals surface area contributed by atoms with Crippen molar-refractivity contribution in [1.29, 1.82) is 0 Å². The van der Waals surface area contributed by atoms with E-state index in [9.17, 15) is 0 Å². The molecule has 2 atom stereocenters. The first-order valence-corrected chi connectivity index (χ1v) is 7.97. The number of aromatic nitrogens is 3. The molecule has 0 amide bonds. The van der Waals surface area contributed by atoms with Crippen LogP contribution in [0.2, 0.25) is 0 Å². The quantitative estimate of drug-likeness (QED) is 0.909. The highest BCUT2D eigenvalue weighted by molar-refractivity contribution is 5.34. The minimum atomic E-state index is 0.692. The van der Waals surface area contributed by atoms with E-state index in [0.717, 1.165) is 36.2 Å². The van der Waals surface area contributed by atoms with E-state index in [1.165, 1.54) is 31.6 Å². The summed E-state index contributed by atoms with van der Waals surface area (Å²) in [5.41, 5.74) is 3.37. The summed E-state index contributed by atoms with van der Waals surface area (Å²) in [4.78, 5) is 11.8. The van der Waals surface area contributed by atoms with Gasteiger partial charge in [0.1, 0.15) is 0 Å². The number of nitrogens with zero attached hydrogens (tertiary/aromatic N) is 4. The van der Waals surface area contributed by atoms with E-state index >= 15 is 0 Å². The van der Waals surface area contributed by atoms with E-state index in [2.05, 4.69) is 38.8 Å². The van der Waals surface area contributed by atoms with E-state index in [1.807, 2.05) is 6.92 Å². The molecule has 5 heteroatoms. The number of nitrogens with one attached hydrogen (secondary N) is 1. The van der Waals surface area contributed by atoms with Gasteiger partial charge in [0.25, 0.3) is 0 Å². The van der Waals surface area contributed by atoms with E-state index in [1.54, 1.807) is 0 Å². The molecule has 0 radical (unpaired) electrons. The molecule has 0 aliphatic carbocycles. The first kappa shape index (κ1) is 13.2. The molecular weight excluding hydrogens is 262 g/mol. The zero-order valence-corrected chi connectivity index (χ0v) is 12.8. The average Bonchev–Trinajstić information content (AvgIpc) is 3.01. The molecule has 112 valence electrons. The van der Waals surface area contributed by atoms with Gasteiger partial charge in [0.05, 0.1) is 5.69 Å². The predicted molar refractivity (Wildman–Crippen MR) is 82.3 cm³/mol. The second-order valence-corrected chi connectivity index (χ2v) is 6.60. The maximum absolute atomic E-state index is 4.71. The van der Waals surface area contributed by atoms with Gasteiger partial charge in [0, 0.05) is 43.3 Å². The molecule has 2 aromatic rings. The summed E-state index contributed by atoms with van der Waals surface area (Å²) in [6.07, 6.45) is 4.84. The van der Waals surface area contributed by atoms with Gasteiger partial charge in [-0.1, -0.05) is 0 Å². The van der Waals surface area contributed by atoms with Crippen LogP contribution in [0.1, 0.15) is 29.9 Å². The Labute approximate surface area is 125 Å². The molecular formula is C16H23N5. The van der Waals surface area contributed by atoms with Crippen molar-refractivity contribution in [3.8, 4) is 0 Å². The van der Waals surface area contributed by atoms with Gasteiger partial charge in [-0.25, -0.2) is 9.97 Å². The van der Waals surface area contributed by atoms with Crippen molar-refractivity contribution in [3.05, 3.63) is 29.3 Å². The SMILES string of the molecule is Cc1cc(C)n2cc(CN3C[C@@H]4CCCN[C@@H]4C3)nc2n1. The van der Waals surface area contributed by atoms with Gasteiger partial charge in [0.2, 0.25) is 5.78 Å². The Morgan fingerprint density at radius 1 is 1.29 bits per heavy atom. The highest BCUT2D eigenvalue weighted by Gasteiger charge is 2.34. The molecule has 0 bridgehead atoms. The summed E-state index contributed by atoms with van der Waals surface area (Å²) in [5.74, 6) is 1.66. The van der Waals surface area contributed by atoms with Gasteiger partial charge in [-0.05, 0) is 45.2 Å². The summed E-state index contributed by atoms with van der Waals surface area (Å²) < 4.78 is 2.10. The minimum absolute atomic E-state index is 0.692. The summed E-state index contributed by atoms with van der Waals surface area (Å²) in [7, 11) is 0. The van der Waals surface area contributed by atoms with Gasteiger partial charge in [-0.15, -0.1) is 0 Å². The highest BCUT2D eigenvalue weighted by atomic mass is 15.2. The molecule has 0 unspecified atom stereocenters. The Hall–Kier alpha value is -1.46. The zero-order valence-electron chi connectivity index (χ0n) is 12.8. The monoisotopic (exact) mass is 285 g/mol. The van der Waals surface area contributed by atoms with Crippen molar-refractivity contribution in [2.75, 3.05) is 19.6 Å². The number of imidazole rings is 1. The number of likely N-dealkylation sites (tertiary alicyclic amines) is 1. The Morgan fingerprint density at radius 2 is 2.19 bits per heavy atom. The van der Waals surface area contributed by atoms with E-state index in [4.69, 9.17) is 4.98 Å². The van der Waals surface area contributed by atoms with Gasteiger partial charge in [-0.2, -0.15) is 0 Å². The molecule has 5 nitrogen and oxygen atoms in total. The number of fused-ring (bicyclic) bond motifs is 2. The predicted octanol–water partition coefficient (Wildman–Crippen LogP) is 1.53. The maximum Gasteiger partial charge on any atom is 0.234 e. The lowest BCUT2D eigenvalue weighted by Gasteiger charge is -2.24. The largest absolute Gasteiger partial charge is 0.312 e. The van der Waals surface area contributed by atoms with Crippen LogP contribution in [0.25, 0.3) is 5.78 Å². The molecule has 2 aliphatic heterocycles. The molecule has 4 rings (SSSR count). The second-order valence-electron chi connectivity index (χ2n) is 6.60. The molecule has 0 aromatic carbocycles. The first-order valence-electron chi connectivity index (χ1n) is 7.97. The van der Waals surface area contributed by atoms with Gasteiger partial charge >= 0.3 is 0 Å². The number of piperidine rings is 1. The van der Waals surface area contributed by atoms with Crippen LogP contribution in [-0.4, -0.2) is 44.9 Å². The molecule has 0 spiro atoms. The van der Waals surface area contributed by atoms with Crippen molar-refractivity contribution in [1.82, 2.24) is 24.6 Å². The third-order valence-electron chi connectivity index (χ3n) is 4.87. The lowest BCUT2D eigenvalue weighted by Crippen LogP contribution is -2.40. The lowest BCUT2D eigenvalue weighted by molar-refractivity contribution is 0.310. The van der Waals surface area contributed by atoms with Crippen LogP contribution in [0.15, 0.2) is 12.3 Å². The first-order chi connectivity index (χ1) is 10.2. The number of hydrogen-bond acceptors (Lipinski definition) is 4. The molecule has 2 aromatic heterocycles. The van der Waals surface area contributed by atoms with Crippen molar-refractivity contribution in [3.63, 3.8) is 0 Å². The fourth-order valence-corrected chi connectivity index (χ4v) is 3.89. The molecule has 1 N–H and O–H groups in total. The van der Waals surface area contributed by atoms with Crippen LogP contribution in [-0.2, 0) is 6.54 Å². The van der Waals surface area contributed by atoms with Crippen molar-refractivity contribution in [2.45, 2.75) is 39.3 Å².